The molecule has 0 spiro atoms. The number of halogens is 1. The number of aromatic hydroxyl groups is 1. The Morgan fingerprint density at radius 2 is 1.90 bits per heavy atom. The van der Waals surface area contributed by atoms with Crippen molar-refractivity contribution in [3.8, 4) is 11.5 Å². The molecule has 0 heterocycles. The lowest BCUT2D eigenvalue weighted by atomic mass is 9.98. The van der Waals surface area contributed by atoms with Crippen LogP contribution in [0.4, 0.5) is 4.39 Å². The van der Waals surface area contributed by atoms with Crippen LogP contribution in [0.25, 0.3) is 0 Å². The molecule has 21 heavy (non-hydrogen) atoms. The molecule has 0 aliphatic heterocycles. The molecule has 0 saturated heterocycles. The van der Waals surface area contributed by atoms with Crippen molar-refractivity contribution in [2.45, 2.75) is 40.0 Å². The Kier molecular flexibility index (Phi) is 5.76. The molecular formula is C16H21FO4. The highest BCUT2D eigenvalue weighted by Crippen LogP contribution is 2.37. The van der Waals surface area contributed by atoms with E-state index < -0.39 is 17.5 Å². The van der Waals surface area contributed by atoms with E-state index in [1.165, 1.54) is 7.11 Å². The van der Waals surface area contributed by atoms with E-state index in [9.17, 15) is 14.3 Å². The summed E-state index contributed by atoms with van der Waals surface area (Å²) in [6, 6.07) is 0. The van der Waals surface area contributed by atoms with Gasteiger partial charge in [-0.2, -0.15) is 0 Å². The molecule has 5 heteroatoms. The first-order valence-corrected chi connectivity index (χ1v) is 6.71. The third kappa shape index (κ3) is 3.97. The van der Waals surface area contributed by atoms with Crippen molar-refractivity contribution in [1.29, 1.82) is 0 Å². The number of benzene rings is 1. The van der Waals surface area contributed by atoms with Gasteiger partial charge in [0.15, 0.2) is 11.6 Å². The van der Waals surface area contributed by atoms with Gasteiger partial charge in [-0.15, -0.1) is 0 Å². The van der Waals surface area contributed by atoms with Crippen LogP contribution in [-0.4, -0.2) is 23.3 Å². The first-order chi connectivity index (χ1) is 9.79. The van der Waals surface area contributed by atoms with Crippen molar-refractivity contribution >= 4 is 5.97 Å². The molecule has 0 unspecified atom stereocenters. The predicted molar refractivity (Wildman–Crippen MR) is 78.4 cm³/mol. The number of carboxylic acids is 1. The average molecular weight is 296 g/mol. The van der Waals surface area contributed by atoms with E-state index in [1.807, 2.05) is 6.92 Å². The molecular weight excluding hydrogens is 275 g/mol. The van der Waals surface area contributed by atoms with Crippen LogP contribution in [0.1, 0.15) is 36.5 Å². The molecule has 116 valence electrons. The molecule has 0 aromatic heterocycles. The van der Waals surface area contributed by atoms with Crippen molar-refractivity contribution in [3.05, 3.63) is 34.2 Å². The van der Waals surface area contributed by atoms with Gasteiger partial charge in [-0.1, -0.05) is 11.6 Å². The lowest BCUT2D eigenvalue weighted by molar-refractivity contribution is -0.136. The van der Waals surface area contributed by atoms with E-state index in [2.05, 4.69) is 0 Å². The third-order valence-electron chi connectivity index (χ3n) is 3.59. The molecule has 1 rings (SSSR count). The van der Waals surface area contributed by atoms with Gasteiger partial charge in [0.2, 0.25) is 0 Å². The van der Waals surface area contributed by atoms with Crippen LogP contribution >= 0.6 is 0 Å². The topological polar surface area (TPSA) is 66.8 Å². The smallest absolute Gasteiger partial charge is 0.303 e. The highest BCUT2D eigenvalue weighted by molar-refractivity contribution is 5.67. The summed E-state index contributed by atoms with van der Waals surface area (Å²) >= 11 is 0. The van der Waals surface area contributed by atoms with E-state index in [-0.39, 0.29) is 6.42 Å². The van der Waals surface area contributed by atoms with Crippen molar-refractivity contribution in [2.24, 2.45) is 0 Å². The first-order valence-electron chi connectivity index (χ1n) is 6.71. The number of phenolic OH excluding ortho intramolecular Hbond substituents is 1. The largest absolute Gasteiger partial charge is 0.505 e. The summed E-state index contributed by atoms with van der Waals surface area (Å²) in [5.74, 6) is -1.44. The predicted octanol–water partition coefficient (Wildman–Crippen LogP) is 3.51. The van der Waals surface area contributed by atoms with Crippen LogP contribution < -0.4 is 4.74 Å². The molecule has 4 nitrogen and oxygen atoms in total. The summed E-state index contributed by atoms with van der Waals surface area (Å²) in [5.41, 5.74) is 2.27. The second-order valence-electron chi connectivity index (χ2n) is 5.07. The summed E-state index contributed by atoms with van der Waals surface area (Å²) < 4.78 is 19.2. The molecule has 2 N–H and O–H groups in total. The minimum Gasteiger partial charge on any atom is -0.505 e. The normalized spacial score (nSPS) is 11.6. The van der Waals surface area contributed by atoms with Gasteiger partial charge in [-0.3, -0.25) is 4.79 Å². The molecule has 0 aliphatic rings. The monoisotopic (exact) mass is 296 g/mol. The minimum atomic E-state index is -0.861. The van der Waals surface area contributed by atoms with Crippen LogP contribution in [0, 0.1) is 19.7 Å². The number of phenols is 1. The molecule has 0 bridgehead atoms. The molecule has 0 atom stereocenters. The van der Waals surface area contributed by atoms with Gasteiger partial charge in [0.05, 0.1) is 7.11 Å². The molecule has 0 radical (unpaired) electrons. The number of hydrogen-bond donors (Lipinski definition) is 2. The van der Waals surface area contributed by atoms with Gasteiger partial charge in [-0.05, 0) is 44.7 Å². The summed E-state index contributed by atoms with van der Waals surface area (Å²) in [5, 5.41) is 18.6. The SMILES string of the molecule is COc1c(C)c(C)c(F)c(O)c1C/C=C(\C)CCC(=O)O. The molecule has 0 amide bonds. The molecule has 0 fully saturated rings. The molecule has 0 aliphatic carbocycles. The van der Waals surface area contributed by atoms with E-state index in [1.54, 1.807) is 19.9 Å². The van der Waals surface area contributed by atoms with Gasteiger partial charge in [0.1, 0.15) is 5.75 Å². The van der Waals surface area contributed by atoms with Crippen LogP contribution in [0.5, 0.6) is 11.5 Å². The van der Waals surface area contributed by atoms with E-state index in [0.29, 0.717) is 35.3 Å². The molecule has 1 aromatic carbocycles. The number of aliphatic carboxylic acids is 1. The fourth-order valence-corrected chi connectivity index (χ4v) is 2.13. The highest BCUT2D eigenvalue weighted by Gasteiger charge is 2.19. The maximum Gasteiger partial charge on any atom is 0.303 e. The molecule has 0 saturated carbocycles. The Morgan fingerprint density at radius 1 is 1.29 bits per heavy atom. The number of methoxy groups -OCH3 is 1. The van der Waals surface area contributed by atoms with Gasteiger partial charge < -0.3 is 14.9 Å². The maximum absolute atomic E-state index is 13.9. The number of rotatable bonds is 6. The minimum absolute atomic E-state index is 0.0484. The average Bonchev–Trinajstić information content (AvgIpc) is 2.45. The number of allylic oxidation sites excluding steroid dienone is 2. The van der Waals surface area contributed by atoms with Gasteiger partial charge >= 0.3 is 5.97 Å². The third-order valence-corrected chi connectivity index (χ3v) is 3.59. The summed E-state index contributed by atoms with van der Waals surface area (Å²) in [4.78, 5) is 10.5. The Bertz CT molecular complexity index is 576. The zero-order valence-corrected chi connectivity index (χ0v) is 12.8. The number of ether oxygens (including phenoxy) is 1. The van der Waals surface area contributed by atoms with Crippen molar-refractivity contribution in [1.82, 2.24) is 0 Å². The van der Waals surface area contributed by atoms with Crippen LogP contribution in [0.2, 0.25) is 0 Å². The maximum atomic E-state index is 13.9. The quantitative estimate of drug-likeness (QED) is 0.788. The zero-order chi connectivity index (χ0) is 16.2. The molecule has 1 aromatic rings. The van der Waals surface area contributed by atoms with Crippen LogP contribution in [0.15, 0.2) is 11.6 Å². The fourth-order valence-electron chi connectivity index (χ4n) is 2.13. The fraction of sp³-hybridized carbons (Fsp3) is 0.438. The van der Waals surface area contributed by atoms with Crippen molar-refractivity contribution in [3.63, 3.8) is 0 Å². The standard InChI is InChI=1S/C16H21FO4/c1-9(6-8-13(18)19)5-7-12-15(20)14(17)10(2)11(3)16(12)21-4/h5,20H,6-8H2,1-4H3,(H,18,19)/b9-5+. The Hall–Kier alpha value is -2.04. The van der Waals surface area contributed by atoms with E-state index in [0.717, 1.165) is 5.57 Å². The lowest BCUT2D eigenvalue weighted by Crippen LogP contribution is -2.01. The zero-order valence-electron chi connectivity index (χ0n) is 12.8. The van der Waals surface area contributed by atoms with Gasteiger partial charge in [0.25, 0.3) is 0 Å². The second kappa shape index (κ2) is 7.11. The van der Waals surface area contributed by atoms with E-state index in [4.69, 9.17) is 9.84 Å². The van der Waals surface area contributed by atoms with Gasteiger partial charge in [-0.25, -0.2) is 4.39 Å². The number of carboxylic acid groups (broad SMARTS) is 1. The Morgan fingerprint density at radius 3 is 2.43 bits per heavy atom. The Labute approximate surface area is 123 Å². The summed E-state index contributed by atoms with van der Waals surface area (Å²) in [7, 11) is 1.48. The second-order valence-corrected chi connectivity index (χ2v) is 5.07. The van der Waals surface area contributed by atoms with Crippen molar-refractivity contribution < 1.29 is 24.1 Å². The van der Waals surface area contributed by atoms with Crippen LogP contribution in [-0.2, 0) is 11.2 Å². The van der Waals surface area contributed by atoms with Gasteiger partial charge in [0, 0.05) is 12.0 Å². The summed E-state index contributed by atoms with van der Waals surface area (Å²) in [6.07, 6.45) is 2.55. The number of hydrogen-bond acceptors (Lipinski definition) is 3. The summed E-state index contributed by atoms with van der Waals surface area (Å²) in [6.45, 7) is 5.13. The lowest BCUT2D eigenvalue weighted by Gasteiger charge is -2.16. The first kappa shape index (κ1) is 17.0. The van der Waals surface area contributed by atoms with E-state index >= 15 is 0 Å². The van der Waals surface area contributed by atoms with Crippen molar-refractivity contribution in [2.75, 3.05) is 7.11 Å². The Balaban J connectivity index is 3.08. The highest BCUT2D eigenvalue weighted by atomic mass is 19.1. The van der Waals surface area contributed by atoms with Crippen LogP contribution in [0.3, 0.4) is 0 Å². The number of carbonyl (C=O) groups is 1.